The van der Waals surface area contributed by atoms with Gasteiger partial charge in [0.25, 0.3) is 5.56 Å². The first-order valence-electron chi connectivity index (χ1n) is 11.6. The third-order valence-electron chi connectivity index (χ3n) is 5.97. The SMILES string of the molecule is CC[C@@H](C)c1nc2ccc(Br)cc2c(=O)n1N=Cc1cc(Br)c(OCc2ccccc2C#N)c(OC)c1. The lowest BCUT2D eigenvalue weighted by Crippen LogP contribution is -2.23. The number of hydrogen-bond donors (Lipinski definition) is 0. The summed E-state index contributed by atoms with van der Waals surface area (Å²) in [7, 11) is 1.55. The van der Waals surface area contributed by atoms with Crippen LogP contribution in [0.25, 0.3) is 10.9 Å². The van der Waals surface area contributed by atoms with Crippen molar-refractivity contribution in [3.8, 4) is 17.6 Å². The molecule has 0 unspecified atom stereocenters. The lowest BCUT2D eigenvalue weighted by atomic mass is 10.1. The number of aromatic nitrogens is 2. The lowest BCUT2D eigenvalue weighted by molar-refractivity contribution is 0.282. The Bertz CT molecular complexity index is 1590. The third-order valence-corrected chi connectivity index (χ3v) is 7.05. The summed E-state index contributed by atoms with van der Waals surface area (Å²) < 4.78 is 14.4. The molecule has 0 amide bonds. The van der Waals surface area contributed by atoms with E-state index in [1.165, 1.54) is 4.68 Å². The van der Waals surface area contributed by atoms with Crippen LogP contribution in [0.3, 0.4) is 0 Å². The average Bonchev–Trinajstić information content (AvgIpc) is 2.91. The molecule has 9 heteroatoms. The molecule has 3 aromatic carbocycles. The molecule has 7 nitrogen and oxygen atoms in total. The molecule has 0 saturated heterocycles. The van der Waals surface area contributed by atoms with Crippen molar-refractivity contribution in [2.75, 3.05) is 7.11 Å². The predicted octanol–water partition coefficient (Wildman–Crippen LogP) is 6.78. The van der Waals surface area contributed by atoms with Crippen molar-refractivity contribution in [2.45, 2.75) is 32.8 Å². The normalized spacial score (nSPS) is 12.0. The van der Waals surface area contributed by atoms with Gasteiger partial charge in [0.1, 0.15) is 12.4 Å². The molecule has 0 bridgehead atoms. The minimum Gasteiger partial charge on any atom is -0.493 e. The summed E-state index contributed by atoms with van der Waals surface area (Å²) in [5, 5.41) is 14.4. The molecule has 0 radical (unpaired) electrons. The van der Waals surface area contributed by atoms with Crippen LogP contribution in [0.2, 0.25) is 0 Å². The molecule has 37 heavy (non-hydrogen) atoms. The maximum atomic E-state index is 13.4. The standard InChI is InChI=1S/C28H24Br2N4O3/c1-4-17(2)27-33-24-10-9-21(29)13-22(24)28(35)34(27)32-15-18-11-23(30)26(25(12-18)36-3)37-16-20-8-6-5-7-19(20)14-31/h5-13,15,17H,4,16H2,1-3H3/t17-/m1/s1. The molecular weight excluding hydrogens is 600 g/mol. The highest BCUT2D eigenvalue weighted by Gasteiger charge is 2.16. The molecule has 1 heterocycles. The smallest absolute Gasteiger partial charge is 0.282 e. The number of hydrogen-bond acceptors (Lipinski definition) is 6. The van der Waals surface area contributed by atoms with Crippen molar-refractivity contribution in [3.05, 3.63) is 96.4 Å². The number of nitrogens with zero attached hydrogens (tertiary/aromatic N) is 4. The second-order valence-corrected chi connectivity index (χ2v) is 10.2. The molecule has 188 valence electrons. The van der Waals surface area contributed by atoms with Crippen LogP contribution in [0.1, 0.15) is 48.7 Å². The van der Waals surface area contributed by atoms with Crippen LogP contribution < -0.4 is 15.0 Å². The highest BCUT2D eigenvalue weighted by Crippen LogP contribution is 2.37. The Hall–Kier alpha value is -3.48. The van der Waals surface area contributed by atoms with E-state index < -0.39 is 0 Å². The zero-order valence-corrected chi connectivity index (χ0v) is 23.7. The van der Waals surface area contributed by atoms with Crippen LogP contribution in [0.5, 0.6) is 11.5 Å². The van der Waals surface area contributed by atoms with Crippen LogP contribution in [-0.2, 0) is 6.61 Å². The fraction of sp³-hybridized carbons (Fsp3) is 0.214. The summed E-state index contributed by atoms with van der Waals surface area (Å²) in [6.07, 6.45) is 2.41. The largest absolute Gasteiger partial charge is 0.493 e. The Labute approximate surface area is 231 Å². The summed E-state index contributed by atoms with van der Waals surface area (Å²) in [5.41, 5.74) is 2.43. The topological polar surface area (TPSA) is 89.5 Å². The minimum absolute atomic E-state index is 0.0335. The third kappa shape index (κ3) is 5.76. The highest BCUT2D eigenvalue weighted by atomic mass is 79.9. The molecule has 1 aromatic heterocycles. The molecule has 0 saturated carbocycles. The van der Waals surface area contributed by atoms with Gasteiger partial charge in [-0.1, -0.05) is 48.0 Å². The van der Waals surface area contributed by atoms with E-state index in [0.717, 1.165) is 16.5 Å². The predicted molar refractivity (Wildman–Crippen MR) is 152 cm³/mol. The monoisotopic (exact) mass is 622 g/mol. The van der Waals surface area contributed by atoms with Gasteiger partial charge >= 0.3 is 0 Å². The summed E-state index contributed by atoms with van der Waals surface area (Å²) >= 11 is 6.99. The van der Waals surface area contributed by atoms with Gasteiger partial charge in [0, 0.05) is 16.0 Å². The first-order chi connectivity index (χ1) is 17.9. The van der Waals surface area contributed by atoms with E-state index in [2.05, 4.69) is 43.0 Å². The van der Waals surface area contributed by atoms with Gasteiger partial charge in [0.15, 0.2) is 11.5 Å². The van der Waals surface area contributed by atoms with Gasteiger partial charge in [-0.2, -0.15) is 15.0 Å². The summed E-state index contributed by atoms with van der Waals surface area (Å²) in [6.45, 7) is 4.28. The number of ether oxygens (including phenoxy) is 2. The van der Waals surface area contributed by atoms with Gasteiger partial charge < -0.3 is 9.47 Å². The second kappa shape index (κ2) is 11.7. The molecular formula is C28H24Br2N4O3. The fourth-order valence-electron chi connectivity index (χ4n) is 3.76. The quantitative estimate of drug-likeness (QED) is 0.202. The number of halogens is 2. The van der Waals surface area contributed by atoms with Gasteiger partial charge in [-0.3, -0.25) is 4.79 Å². The second-order valence-electron chi connectivity index (χ2n) is 8.39. The Morgan fingerprint density at radius 3 is 2.70 bits per heavy atom. The number of rotatable bonds is 8. The minimum atomic E-state index is -0.236. The van der Waals surface area contributed by atoms with Gasteiger partial charge in [0.2, 0.25) is 0 Å². The number of nitriles is 1. The number of benzene rings is 3. The van der Waals surface area contributed by atoms with Crippen molar-refractivity contribution >= 4 is 49.0 Å². The van der Waals surface area contributed by atoms with Crippen molar-refractivity contribution in [1.82, 2.24) is 9.66 Å². The molecule has 0 aliphatic carbocycles. The Balaban J connectivity index is 1.70. The Kier molecular flexibility index (Phi) is 8.41. The van der Waals surface area contributed by atoms with E-state index in [1.54, 1.807) is 31.5 Å². The molecule has 0 aliphatic heterocycles. The maximum Gasteiger partial charge on any atom is 0.282 e. The molecule has 4 aromatic rings. The Morgan fingerprint density at radius 1 is 1.19 bits per heavy atom. The molecule has 0 aliphatic rings. The number of fused-ring (bicyclic) bond motifs is 1. The van der Waals surface area contributed by atoms with E-state index in [-0.39, 0.29) is 18.1 Å². The van der Waals surface area contributed by atoms with Gasteiger partial charge in [-0.25, -0.2) is 4.98 Å². The van der Waals surface area contributed by atoms with Crippen LogP contribution in [0.4, 0.5) is 0 Å². The van der Waals surface area contributed by atoms with E-state index in [1.807, 2.05) is 50.2 Å². The molecule has 0 fully saturated rings. The summed E-state index contributed by atoms with van der Waals surface area (Å²) in [4.78, 5) is 18.1. The lowest BCUT2D eigenvalue weighted by Gasteiger charge is -2.15. The molecule has 0 spiro atoms. The van der Waals surface area contributed by atoms with Crippen LogP contribution in [-0.4, -0.2) is 23.0 Å². The van der Waals surface area contributed by atoms with Crippen molar-refractivity contribution in [1.29, 1.82) is 5.26 Å². The fourth-order valence-corrected chi connectivity index (χ4v) is 4.70. The van der Waals surface area contributed by atoms with E-state index >= 15 is 0 Å². The van der Waals surface area contributed by atoms with Gasteiger partial charge in [-0.05, 0) is 64.3 Å². The van der Waals surface area contributed by atoms with Crippen LogP contribution in [0.15, 0.2) is 73.4 Å². The van der Waals surface area contributed by atoms with Gasteiger partial charge in [-0.15, -0.1) is 0 Å². The average molecular weight is 624 g/mol. The van der Waals surface area contributed by atoms with E-state index in [0.29, 0.717) is 43.8 Å². The van der Waals surface area contributed by atoms with Crippen LogP contribution in [0, 0.1) is 11.3 Å². The zero-order chi connectivity index (χ0) is 26.5. The molecule has 4 rings (SSSR count). The van der Waals surface area contributed by atoms with E-state index in [4.69, 9.17) is 14.5 Å². The maximum absolute atomic E-state index is 13.4. The van der Waals surface area contributed by atoms with E-state index in [9.17, 15) is 10.1 Å². The highest BCUT2D eigenvalue weighted by molar-refractivity contribution is 9.10. The molecule has 1 atom stereocenters. The number of methoxy groups -OCH3 is 1. The summed E-state index contributed by atoms with van der Waals surface area (Å²) in [6, 6.07) is 18.5. The first kappa shape index (κ1) is 26.6. The van der Waals surface area contributed by atoms with Crippen molar-refractivity contribution in [3.63, 3.8) is 0 Å². The Morgan fingerprint density at radius 2 is 1.97 bits per heavy atom. The molecule has 0 N–H and O–H groups in total. The first-order valence-corrected chi connectivity index (χ1v) is 13.2. The summed E-state index contributed by atoms with van der Waals surface area (Å²) in [5.74, 6) is 1.62. The zero-order valence-electron chi connectivity index (χ0n) is 20.5. The van der Waals surface area contributed by atoms with Gasteiger partial charge in [0.05, 0.1) is 40.3 Å². The van der Waals surface area contributed by atoms with Crippen molar-refractivity contribution < 1.29 is 9.47 Å². The van der Waals surface area contributed by atoms with Crippen molar-refractivity contribution in [2.24, 2.45) is 5.10 Å². The van der Waals surface area contributed by atoms with Crippen LogP contribution >= 0.6 is 31.9 Å².